The summed E-state index contributed by atoms with van der Waals surface area (Å²) in [5.41, 5.74) is 0. The zero-order valence-corrected chi connectivity index (χ0v) is 38.7. The lowest BCUT2D eigenvalue weighted by Crippen LogP contribution is -2.30. The first-order chi connectivity index (χ1) is 28.7. The Morgan fingerprint density at radius 1 is 0.417 bits per heavy atom. The third-order valence-electron chi connectivity index (χ3n) is 9.16. The molecule has 0 aliphatic heterocycles. The van der Waals surface area contributed by atoms with Crippen LogP contribution in [0.25, 0.3) is 0 Å². The monoisotopic (exact) mass is 904 g/mol. The molecule has 0 fully saturated rings. The first-order valence-corrected chi connectivity index (χ1v) is 25.3. The van der Waals surface area contributed by atoms with Crippen LogP contribution in [0.1, 0.15) is 182 Å². The highest BCUT2D eigenvalue weighted by Crippen LogP contribution is 2.45. The molecule has 2 unspecified atom stereocenters. The molecule has 0 spiro atoms. The van der Waals surface area contributed by atoms with E-state index in [1.807, 2.05) is 6.92 Å². The van der Waals surface area contributed by atoms with E-state index in [2.05, 4.69) is 13.8 Å². The molecular weight excluding hydrogens is 826 g/mol. The fourth-order valence-corrected chi connectivity index (χ4v) is 7.17. The van der Waals surface area contributed by atoms with Gasteiger partial charge in [0.15, 0.2) is 12.2 Å². The van der Waals surface area contributed by atoms with E-state index in [0.29, 0.717) is 19.3 Å². The molecular formula is C41H78O17P2. The summed E-state index contributed by atoms with van der Waals surface area (Å²) in [7, 11) is -9.78. The summed E-state index contributed by atoms with van der Waals surface area (Å²) in [5.74, 6) is -2.30. The number of aliphatic hydroxyl groups excluding tert-OH is 1. The first kappa shape index (κ1) is 58.1. The molecule has 0 bridgehead atoms. The van der Waals surface area contributed by atoms with E-state index in [1.165, 1.54) is 51.4 Å². The lowest BCUT2D eigenvalue weighted by atomic mass is 10.1. The molecule has 0 aromatic carbocycles. The van der Waals surface area contributed by atoms with Gasteiger partial charge in [-0.3, -0.25) is 37.3 Å². The molecule has 0 rings (SSSR count). The van der Waals surface area contributed by atoms with Crippen molar-refractivity contribution < 1.29 is 80.2 Å². The lowest BCUT2D eigenvalue weighted by molar-refractivity contribution is -0.161. The molecule has 5 atom stereocenters. The first-order valence-electron chi connectivity index (χ1n) is 22.3. The van der Waals surface area contributed by atoms with Gasteiger partial charge in [-0.15, -0.1) is 0 Å². The van der Waals surface area contributed by atoms with Crippen LogP contribution in [0, 0.1) is 0 Å². The second kappa shape index (κ2) is 37.6. The van der Waals surface area contributed by atoms with Crippen molar-refractivity contribution in [2.75, 3.05) is 39.6 Å². The molecule has 0 radical (unpaired) electrons. The van der Waals surface area contributed by atoms with Crippen molar-refractivity contribution in [3.63, 3.8) is 0 Å². The molecule has 19 heteroatoms. The maximum atomic E-state index is 12.7. The molecule has 0 saturated heterocycles. The molecule has 60 heavy (non-hydrogen) atoms. The Kier molecular flexibility index (Phi) is 36.4. The fourth-order valence-electron chi connectivity index (χ4n) is 5.59. The number of rotatable bonds is 42. The summed E-state index contributed by atoms with van der Waals surface area (Å²) in [6.45, 7) is 3.78. The Morgan fingerprint density at radius 3 is 1.12 bits per heavy atom. The summed E-state index contributed by atoms with van der Waals surface area (Å²) in [5, 5.41) is 10.2. The number of unbranched alkanes of at least 4 members (excludes halogenated alkanes) is 17. The van der Waals surface area contributed by atoms with Crippen LogP contribution in [0.15, 0.2) is 0 Å². The smallest absolute Gasteiger partial charge is 0.462 e. The van der Waals surface area contributed by atoms with Crippen molar-refractivity contribution in [2.24, 2.45) is 0 Å². The highest BCUT2D eigenvalue weighted by atomic mass is 31.2. The van der Waals surface area contributed by atoms with Gasteiger partial charge in [0.2, 0.25) is 0 Å². The summed E-state index contributed by atoms with van der Waals surface area (Å²) in [4.78, 5) is 69.1. The van der Waals surface area contributed by atoms with Crippen LogP contribution >= 0.6 is 15.6 Å². The Bertz CT molecular complexity index is 1220. The maximum absolute atomic E-state index is 12.7. The van der Waals surface area contributed by atoms with Gasteiger partial charge in [-0.2, -0.15) is 0 Å². The van der Waals surface area contributed by atoms with Crippen molar-refractivity contribution in [1.82, 2.24) is 0 Å². The number of carbonyl (C=O) groups is 4. The van der Waals surface area contributed by atoms with Crippen molar-refractivity contribution in [3.05, 3.63) is 0 Å². The van der Waals surface area contributed by atoms with Crippen LogP contribution in [-0.4, -0.2) is 96.7 Å². The number of hydrogen-bond donors (Lipinski definition) is 3. The molecule has 17 nitrogen and oxygen atoms in total. The summed E-state index contributed by atoms with van der Waals surface area (Å²) in [6.07, 6.45) is 16.7. The van der Waals surface area contributed by atoms with E-state index >= 15 is 0 Å². The minimum absolute atomic E-state index is 0.0487. The van der Waals surface area contributed by atoms with E-state index in [0.717, 1.165) is 57.8 Å². The summed E-state index contributed by atoms with van der Waals surface area (Å²) in [6, 6.07) is 0. The Balaban J connectivity index is 5.01. The average Bonchev–Trinajstić information content (AvgIpc) is 3.22. The normalized spacial score (nSPS) is 15.0. The second-order valence-electron chi connectivity index (χ2n) is 15.0. The zero-order chi connectivity index (χ0) is 44.9. The van der Waals surface area contributed by atoms with Crippen molar-refractivity contribution in [1.29, 1.82) is 0 Å². The van der Waals surface area contributed by atoms with Crippen LogP contribution in [0.3, 0.4) is 0 Å². The van der Waals surface area contributed by atoms with Gasteiger partial charge in [0.05, 0.1) is 26.4 Å². The highest BCUT2D eigenvalue weighted by molar-refractivity contribution is 7.47. The van der Waals surface area contributed by atoms with E-state index in [4.69, 9.17) is 37.0 Å². The Labute approximate surface area is 358 Å². The van der Waals surface area contributed by atoms with E-state index < -0.39 is 97.5 Å². The SMILES string of the molecule is CCCCCCCCCCCCC(=O)O[C@H](COC(=O)CCCCCCCCCC)COP(=O)(O)OC[C@@H](O)COP(=O)(O)OC[C@@H](COC(=O)CC)OC(=O)CCCC. The van der Waals surface area contributed by atoms with Gasteiger partial charge in [-0.05, 0) is 19.3 Å². The van der Waals surface area contributed by atoms with Gasteiger partial charge in [-0.25, -0.2) is 9.13 Å². The standard InChI is InChI=1S/C41H78O17P2/c1-5-9-12-14-16-18-19-21-23-25-28-41(46)58-37(32-52-39(44)27-24-22-20-17-15-13-10-6-2)34-56-60(49,50)54-30-35(42)29-53-59(47,48)55-33-36(31-51-38(43)8-4)57-40(45)26-11-7-3/h35-37,42H,5-34H2,1-4H3,(H,47,48)(H,49,50)/t35-,36+,37+/m0/s1. The van der Waals surface area contributed by atoms with Gasteiger partial charge in [0, 0.05) is 25.7 Å². The summed E-state index contributed by atoms with van der Waals surface area (Å²) >= 11 is 0. The predicted molar refractivity (Wildman–Crippen MR) is 225 cm³/mol. The molecule has 0 aliphatic carbocycles. The van der Waals surface area contributed by atoms with Crippen LogP contribution in [0.5, 0.6) is 0 Å². The average molecular weight is 905 g/mol. The molecule has 0 heterocycles. The quantitative estimate of drug-likeness (QED) is 0.0224. The third kappa shape index (κ3) is 36.7. The molecule has 0 aliphatic rings. The number of carbonyl (C=O) groups excluding carboxylic acids is 4. The third-order valence-corrected chi connectivity index (χ3v) is 11.1. The lowest BCUT2D eigenvalue weighted by Gasteiger charge is -2.21. The van der Waals surface area contributed by atoms with Crippen molar-refractivity contribution in [3.8, 4) is 0 Å². The number of esters is 4. The van der Waals surface area contributed by atoms with Crippen LogP contribution in [0.2, 0.25) is 0 Å². The predicted octanol–water partition coefficient (Wildman–Crippen LogP) is 8.97. The number of ether oxygens (including phenoxy) is 4. The largest absolute Gasteiger partial charge is 0.472 e. The molecule has 0 saturated carbocycles. The molecule has 0 amide bonds. The number of phosphoric ester groups is 2. The highest BCUT2D eigenvalue weighted by Gasteiger charge is 2.30. The molecule has 354 valence electrons. The molecule has 0 aromatic rings. The number of phosphoric acid groups is 2. The van der Waals surface area contributed by atoms with E-state index in [9.17, 15) is 43.2 Å². The van der Waals surface area contributed by atoms with Crippen molar-refractivity contribution >= 4 is 39.5 Å². The van der Waals surface area contributed by atoms with Crippen LogP contribution < -0.4 is 0 Å². The summed E-state index contributed by atoms with van der Waals surface area (Å²) < 4.78 is 65.5. The number of aliphatic hydroxyl groups is 1. The second-order valence-corrected chi connectivity index (χ2v) is 17.9. The van der Waals surface area contributed by atoms with Gasteiger partial charge in [-0.1, -0.05) is 137 Å². The number of hydrogen-bond acceptors (Lipinski definition) is 15. The Hall–Kier alpha value is -1.94. The Morgan fingerprint density at radius 2 is 0.733 bits per heavy atom. The molecule has 0 aromatic heterocycles. The van der Waals surface area contributed by atoms with Crippen LogP contribution in [-0.2, 0) is 65.4 Å². The van der Waals surface area contributed by atoms with Gasteiger partial charge >= 0.3 is 39.5 Å². The maximum Gasteiger partial charge on any atom is 0.472 e. The van der Waals surface area contributed by atoms with Gasteiger partial charge in [0.25, 0.3) is 0 Å². The topological polar surface area (TPSA) is 237 Å². The fraction of sp³-hybridized carbons (Fsp3) is 0.902. The van der Waals surface area contributed by atoms with E-state index in [-0.39, 0.29) is 25.7 Å². The van der Waals surface area contributed by atoms with Crippen LogP contribution in [0.4, 0.5) is 0 Å². The minimum Gasteiger partial charge on any atom is -0.462 e. The molecule has 3 N–H and O–H groups in total. The minimum atomic E-state index is -4.90. The van der Waals surface area contributed by atoms with Gasteiger partial charge in [0.1, 0.15) is 19.3 Å². The zero-order valence-electron chi connectivity index (χ0n) is 36.9. The van der Waals surface area contributed by atoms with Crippen molar-refractivity contribution in [2.45, 2.75) is 200 Å². The van der Waals surface area contributed by atoms with E-state index in [1.54, 1.807) is 6.92 Å². The van der Waals surface area contributed by atoms with Gasteiger partial charge < -0.3 is 33.8 Å².